The highest BCUT2D eigenvalue weighted by atomic mass is 32.2. The third kappa shape index (κ3) is 3.73. The fraction of sp³-hybridized carbons (Fsp3) is 0.300. The lowest BCUT2D eigenvalue weighted by Crippen LogP contribution is -2.21. The molecule has 1 amide bonds. The van der Waals surface area contributed by atoms with E-state index >= 15 is 0 Å². The molecular weight excluding hydrogens is 366 g/mol. The van der Waals surface area contributed by atoms with Gasteiger partial charge in [0, 0.05) is 17.5 Å². The van der Waals surface area contributed by atoms with Crippen molar-refractivity contribution in [2.75, 3.05) is 18.7 Å². The van der Waals surface area contributed by atoms with Crippen molar-refractivity contribution < 1.29 is 22.7 Å². The highest BCUT2D eigenvalue weighted by molar-refractivity contribution is 7.90. The van der Waals surface area contributed by atoms with Crippen molar-refractivity contribution in [2.24, 2.45) is 0 Å². The summed E-state index contributed by atoms with van der Waals surface area (Å²) in [5, 5.41) is 2.77. The van der Waals surface area contributed by atoms with Gasteiger partial charge in [-0.1, -0.05) is 18.2 Å². The number of hydrogen-bond donors (Lipinski definition) is 1. The van der Waals surface area contributed by atoms with Gasteiger partial charge in [0.2, 0.25) is 0 Å². The molecule has 1 fully saturated rings. The summed E-state index contributed by atoms with van der Waals surface area (Å²) in [6.45, 7) is 1.75. The molecule has 7 heteroatoms. The van der Waals surface area contributed by atoms with Crippen molar-refractivity contribution in [2.45, 2.75) is 30.1 Å². The minimum absolute atomic E-state index is 0.0994. The maximum absolute atomic E-state index is 12.6. The van der Waals surface area contributed by atoms with E-state index < -0.39 is 15.3 Å². The summed E-state index contributed by atoms with van der Waals surface area (Å²) in [4.78, 5) is 24.6. The fourth-order valence-corrected chi connectivity index (χ4v) is 3.73. The molecule has 0 spiro atoms. The first-order valence-corrected chi connectivity index (χ1v) is 10.4. The third-order valence-electron chi connectivity index (χ3n) is 4.90. The van der Waals surface area contributed by atoms with Crippen LogP contribution in [0.15, 0.2) is 47.4 Å². The molecule has 6 nitrogen and oxygen atoms in total. The van der Waals surface area contributed by atoms with Crippen molar-refractivity contribution in [3.8, 4) is 0 Å². The number of carbonyl (C=O) groups excluding carboxylic acids is 2. The Morgan fingerprint density at radius 3 is 2.22 bits per heavy atom. The summed E-state index contributed by atoms with van der Waals surface area (Å²) >= 11 is 0. The highest BCUT2D eigenvalue weighted by Crippen LogP contribution is 2.49. The van der Waals surface area contributed by atoms with Crippen LogP contribution in [-0.2, 0) is 24.8 Å². The predicted octanol–water partition coefficient (Wildman–Crippen LogP) is 2.86. The number of nitrogens with one attached hydrogen (secondary N) is 1. The maximum Gasteiger partial charge on any atom is 0.316 e. The molecule has 1 N–H and O–H groups in total. The van der Waals surface area contributed by atoms with Crippen molar-refractivity contribution in [1.82, 2.24) is 0 Å². The van der Waals surface area contributed by atoms with E-state index in [2.05, 4.69) is 5.32 Å². The monoisotopic (exact) mass is 387 g/mol. The number of hydrogen-bond acceptors (Lipinski definition) is 5. The van der Waals surface area contributed by atoms with Gasteiger partial charge in [-0.15, -0.1) is 0 Å². The third-order valence-corrected chi connectivity index (χ3v) is 6.01. The van der Waals surface area contributed by atoms with E-state index in [1.54, 1.807) is 37.3 Å². The molecule has 0 unspecified atom stereocenters. The lowest BCUT2D eigenvalue weighted by molar-refractivity contribution is -0.143. The highest BCUT2D eigenvalue weighted by Gasteiger charge is 2.52. The van der Waals surface area contributed by atoms with Crippen LogP contribution in [0, 0.1) is 6.92 Å². The van der Waals surface area contributed by atoms with E-state index in [9.17, 15) is 18.0 Å². The Bertz CT molecular complexity index is 1010. The zero-order chi connectivity index (χ0) is 19.8. The second-order valence-corrected chi connectivity index (χ2v) is 8.87. The minimum Gasteiger partial charge on any atom is -0.468 e. The molecule has 3 rings (SSSR count). The number of anilines is 1. The summed E-state index contributed by atoms with van der Waals surface area (Å²) in [5.74, 6) is -0.632. The van der Waals surface area contributed by atoms with E-state index in [1.165, 1.54) is 19.2 Å². The van der Waals surface area contributed by atoms with Crippen molar-refractivity contribution >= 4 is 27.4 Å². The SMILES string of the molecule is COC(=O)C1(c2ccc(NC(=O)c3cc(S(C)(=O)=O)ccc3C)cc2)CC1. The zero-order valence-electron chi connectivity index (χ0n) is 15.4. The van der Waals surface area contributed by atoms with E-state index in [1.807, 2.05) is 0 Å². The van der Waals surface area contributed by atoms with Gasteiger partial charge in [-0.2, -0.15) is 0 Å². The van der Waals surface area contributed by atoms with Gasteiger partial charge >= 0.3 is 5.97 Å². The number of benzene rings is 2. The number of ether oxygens (including phenoxy) is 1. The fourth-order valence-electron chi connectivity index (χ4n) is 3.08. The summed E-state index contributed by atoms with van der Waals surface area (Å²) in [6.07, 6.45) is 2.61. The number of methoxy groups -OCH3 is 1. The van der Waals surface area contributed by atoms with Crippen molar-refractivity contribution in [3.05, 3.63) is 59.2 Å². The van der Waals surface area contributed by atoms with Crippen LogP contribution in [0.25, 0.3) is 0 Å². The van der Waals surface area contributed by atoms with Gasteiger partial charge in [0.1, 0.15) is 0 Å². The molecule has 0 aliphatic heterocycles. The molecule has 1 aliphatic rings. The van der Waals surface area contributed by atoms with Crippen LogP contribution >= 0.6 is 0 Å². The van der Waals surface area contributed by atoms with Gasteiger partial charge in [-0.05, 0) is 55.2 Å². The number of esters is 1. The Kier molecular flexibility index (Phi) is 4.82. The van der Waals surface area contributed by atoms with Crippen LogP contribution in [0.3, 0.4) is 0 Å². The first-order valence-electron chi connectivity index (χ1n) is 8.48. The molecule has 0 atom stereocenters. The number of rotatable bonds is 5. The van der Waals surface area contributed by atoms with E-state index in [0.717, 1.165) is 24.7 Å². The molecule has 142 valence electrons. The summed E-state index contributed by atoms with van der Waals surface area (Å²) in [6, 6.07) is 11.5. The molecule has 0 saturated heterocycles. The van der Waals surface area contributed by atoms with Gasteiger partial charge in [0.05, 0.1) is 17.4 Å². The Hall–Kier alpha value is -2.67. The first kappa shape index (κ1) is 19.1. The molecule has 0 heterocycles. The van der Waals surface area contributed by atoms with Gasteiger partial charge in [0.15, 0.2) is 9.84 Å². The van der Waals surface area contributed by atoms with Crippen LogP contribution in [0.2, 0.25) is 0 Å². The van der Waals surface area contributed by atoms with E-state index in [-0.39, 0.29) is 16.8 Å². The normalized spacial score (nSPS) is 15.1. The second kappa shape index (κ2) is 6.81. The van der Waals surface area contributed by atoms with Crippen LogP contribution in [0.1, 0.15) is 34.3 Å². The first-order chi connectivity index (χ1) is 12.7. The van der Waals surface area contributed by atoms with Gasteiger partial charge < -0.3 is 10.1 Å². The molecule has 2 aromatic rings. The van der Waals surface area contributed by atoms with Gasteiger partial charge in [-0.3, -0.25) is 9.59 Å². The largest absolute Gasteiger partial charge is 0.468 e. The summed E-state index contributed by atoms with van der Waals surface area (Å²) in [5.41, 5.74) is 1.85. The molecular formula is C20H21NO5S. The van der Waals surface area contributed by atoms with Crippen LogP contribution in [-0.4, -0.2) is 33.7 Å². The summed E-state index contributed by atoms with van der Waals surface area (Å²) < 4.78 is 28.3. The number of amides is 1. The van der Waals surface area contributed by atoms with Gasteiger partial charge in [0.25, 0.3) is 5.91 Å². The van der Waals surface area contributed by atoms with Crippen LogP contribution in [0.5, 0.6) is 0 Å². The molecule has 1 aliphatic carbocycles. The Balaban J connectivity index is 1.80. The lowest BCUT2D eigenvalue weighted by Gasteiger charge is -2.14. The van der Waals surface area contributed by atoms with E-state index in [4.69, 9.17) is 4.74 Å². The Labute approximate surface area is 158 Å². The summed E-state index contributed by atoms with van der Waals surface area (Å²) in [7, 11) is -2.02. The quantitative estimate of drug-likeness (QED) is 0.797. The molecule has 1 saturated carbocycles. The minimum atomic E-state index is -3.40. The van der Waals surface area contributed by atoms with Crippen molar-refractivity contribution in [3.63, 3.8) is 0 Å². The average molecular weight is 387 g/mol. The predicted molar refractivity (Wildman–Crippen MR) is 102 cm³/mol. The number of aryl methyl sites for hydroxylation is 1. The van der Waals surface area contributed by atoms with E-state index in [0.29, 0.717) is 16.8 Å². The molecule has 2 aromatic carbocycles. The topological polar surface area (TPSA) is 89.5 Å². The Morgan fingerprint density at radius 1 is 1.07 bits per heavy atom. The van der Waals surface area contributed by atoms with Gasteiger partial charge in [-0.25, -0.2) is 8.42 Å². The molecule has 0 bridgehead atoms. The Morgan fingerprint density at radius 2 is 1.70 bits per heavy atom. The second-order valence-electron chi connectivity index (χ2n) is 6.85. The standard InChI is InChI=1S/C20H21NO5S/c1-13-4-9-16(27(3,24)25)12-17(13)18(22)21-15-7-5-14(6-8-15)20(10-11-20)19(23)26-2/h4-9,12H,10-11H2,1-3H3,(H,21,22). The maximum atomic E-state index is 12.6. The zero-order valence-corrected chi connectivity index (χ0v) is 16.2. The lowest BCUT2D eigenvalue weighted by atomic mass is 9.96. The van der Waals surface area contributed by atoms with Crippen molar-refractivity contribution in [1.29, 1.82) is 0 Å². The average Bonchev–Trinajstić information content (AvgIpc) is 3.43. The number of sulfone groups is 1. The van der Waals surface area contributed by atoms with Crippen LogP contribution in [0.4, 0.5) is 5.69 Å². The number of carbonyl (C=O) groups is 2. The van der Waals surface area contributed by atoms with Crippen LogP contribution < -0.4 is 5.32 Å². The molecule has 27 heavy (non-hydrogen) atoms. The smallest absolute Gasteiger partial charge is 0.316 e. The molecule has 0 radical (unpaired) electrons. The molecule has 0 aromatic heterocycles.